The Balaban J connectivity index is 0.000000158. The highest BCUT2D eigenvalue weighted by atomic mass is 79.9. The van der Waals surface area contributed by atoms with E-state index >= 15 is 0 Å². The van der Waals surface area contributed by atoms with Crippen LogP contribution in [0.1, 0.15) is 71.4 Å². The second-order valence-corrected chi connectivity index (χ2v) is 24.9. The Morgan fingerprint density at radius 1 is 0.516 bits per heavy atom. The molecule has 0 bridgehead atoms. The maximum Gasteiger partial charge on any atom is 0.261 e. The van der Waals surface area contributed by atoms with E-state index in [-0.39, 0.29) is 35.5 Å². The third-order valence-electron chi connectivity index (χ3n) is 11.3. The average Bonchev–Trinajstić information content (AvgIpc) is 4.14. The Bertz CT molecular complexity index is 2760. The molecule has 316 valence electrons. The molecule has 2 aliphatic heterocycles. The van der Waals surface area contributed by atoms with E-state index in [1.165, 1.54) is 9.80 Å². The number of nitrogens with zero attached hydrogens (tertiary/aromatic N) is 6. The minimum Gasteiger partial charge on any atom is -0.282 e. The summed E-state index contributed by atoms with van der Waals surface area (Å²) in [5, 5.41) is 19.9. The summed E-state index contributed by atoms with van der Waals surface area (Å²) >= 11 is 20.4. The highest BCUT2D eigenvalue weighted by Crippen LogP contribution is 2.46. The molecule has 2 unspecified atom stereocenters. The van der Waals surface area contributed by atoms with Crippen LogP contribution in [0.15, 0.2) is 75.8 Å². The molecule has 6 aromatic heterocycles. The third kappa shape index (κ3) is 8.15. The summed E-state index contributed by atoms with van der Waals surface area (Å²) in [6.45, 7) is 5.07. The van der Waals surface area contributed by atoms with Crippen molar-refractivity contribution in [3.8, 4) is 42.3 Å². The van der Waals surface area contributed by atoms with Gasteiger partial charge in [-0.3, -0.25) is 29.0 Å². The van der Waals surface area contributed by atoms with Crippen LogP contribution in [0.2, 0.25) is 0 Å². The SMILES string of the molecule is CCCCN1C(=O)C2Cc3c(-c4ccc(Br)s4)nnc(-c4ccc(Br)s4)c3CC2C1=O.CCCCN1C(=O)c2cc3c(-c4ccc(Br)s4)nnc(-c4ccc(Br)s4)c3cc2C1=O. The highest BCUT2D eigenvalue weighted by molar-refractivity contribution is 9.11. The summed E-state index contributed by atoms with van der Waals surface area (Å²) in [7, 11) is 0. The monoisotopic (exact) mass is 1150 g/mol. The zero-order valence-corrected chi connectivity index (χ0v) is 42.7. The molecule has 8 heterocycles. The normalized spacial score (nSPS) is 16.9. The lowest BCUT2D eigenvalue weighted by Gasteiger charge is -2.26. The van der Waals surface area contributed by atoms with Crippen LogP contribution in [0, 0.1) is 11.8 Å². The maximum atomic E-state index is 13.1. The summed E-state index contributed by atoms with van der Waals surface area (Å²) in [5.74, 6) is -1.11. The van der Waals surface area contributed by atoms with Gasteiger partial charge in [-0.2, -0.15) is 0 Å². The van der Waals surface area contributed by atoms with E-state index in [2.05, 4.69) is 91.0 Å². The molecule has 4 amide bonds. The van der Waals surface area contributed by atoms with Crippen molar-refractivity contribution < 1.29 is 19.2 Å². The standard InChI is InChI=1S/C22H19Br2N3O2S2.C22H15Br2N3O2S2/c2*1-2-3-8-27-21(28)13-9-11-12(10-14(13)22(27)29)20(16-5-7-18(24)31-16)26-25-19(11)15-4-6-17(23)30-15/h4-7,13-14H,2-3,8-10H2,1H3;4-7,9-10H,2-3,8H2,1H3. The first-order valence-corrected chi connectivity index (χ1v) is 26.4. The fourth-order valence-corrected chi connectivity index (χ4v) is 13.8. The van der Waals surface area contributed by atoms with Gasteiger partial charge in [-0.25, -0.2) is 0 Å². The van der Waals surface area contributed by atoms with Crippen LogP contribution in [0.25, 0.3) is 53.1 Å². The molecule has 0 saturated carbocycles. The number of amides is 4. The summed E-state index contributed by atoms with van der Waals surface area (Å²) < 4.78 is 4.02. The first kappa shape index (κ1) is 43.9. The van der Waals surface area contributed by atoms with Crippen LogP contribution in [0.5, 0.6) is 0 Å². The average molecular weight is 1160 g/mol. The fourth-order valence-electron chi connectivity index (χ4n) is 8.22. The van der Waals surface area contributed by atoms with Crippen molar-refractivity contribution in [1.29, 1.82) is 0 Å². The minimum atomic E-state index is -0.300. The van der Waals surface area contributed by atoms with E-state index in [4.69, 9.17) is 0 Å². The fraction of sp³-hybridized carbons (Fsp3) is 0.273. The summed E-state index contributed by atoms with van der Waals surface area (Å²) in [6, 6.07) is 19.6. The van der Waals surface area contributed by atoms with Crippen LogP contribution in [0.4, 0.5) is 0 Å². The molecule has 2 atom stereocenters. The molecule has 7 aromatic rings. The number of likely N-dealkylation sites (tertiary alicyclic amines) is 1. The van der Waals surface area contributed by atoms with Crippen LogP contribution >= 0.6 is 109 Å². The van der Waals surface area contributed by atoms with Gasteiger partial charge >= 0.3 is 0 Å². The van der Waals surface area contributed by atoms with Crippen molar-refractivity contribution in [2.75, 3.05) is 13.1 Å². The van der Waals surface area contributed by atoms with Crippen molar-refractivity contribution in [1.82, 2.24) is 30.2 Å². The van der Waals surface area contributed by atoms with Gasteiger partial charge in [0.05, 0.1) is 57.6 Å². The number of halogens is 4. The molecule has 1 aliphatic carbocycles. The van der Waals surface area contributed by atoms with Crippen LogP contribution in [-0.2, 0) is 22.4 Å². The number of rotatable bonds is 10. The van der Waals surface area contributed by atoms with Gasteiger partial charge in [0.15, 0.2) is 0 Å². The van der Waals surface area contributed by atoms with Crippen molar-refractivity contribution in [2.24, 2.45) is 11.8 Å². The molecule has 0 spiro atoms. The Morgan fingerprint density at radius 2 is 0.855 bits per heavy atom. The molecular weight excluding hydrogens is 1120 g/mol. The van der Waals surface area contributed by atoms with Gasteiger partial charge in [0.1, 0.15) is 22.8 Å². The second kappa shape index (κ2) is 18.3. The Kier molecular flexibility index (Phi) is 12.9. The largest absolute Gasteiger partial charge is 0.282 e. The highest BCUT2D eigenvalue weighted by Gasteiger charge is 2.50. The number of imide groups is 2. The zero-order chi connectivity index (χ0) is 43.4. The lowest BCUT2D eigenvalue weighted by molar-refractivity contribution is -0.139. The van der Waals surface area contributed by atoms with Gasteiger partial charge in [-0.05, 0) is 161 Å². The maximum absolute atomic E-state index is 13.1. The lowest BCUT2D eigenvalue weighted by atomic mass is 9.76. The number of benzene rings is 1. The molecule has 62 heavy (non-hydrogen) atoms. The second-order valence-electron chi connectivity index (χ2n) is 15.0. The molecule has 10 rings (SSSR count). The number of thiophene rings is 4. The van der Waals surface area contributed by atoms with Crippen LogP contribution in [0.3, 0.4) is 0 Å². The predicted molar refractivity (Wildman–Crippen MR) is 262 cm³/mol. The molecule has 1 saturated heterocycles. The van der Waals surface area contributed by atoms with Gasteiger partial charge in [0.2, 0.25) is 11.8 Å². The topological polar surface area (TPSA) is 126 Å². The quantitative estimate of drug-likeness (QED) is 0.124. The van der Waals surface area contributed by atoms with Crippen LogP contribution in [-0.4, -0.2) is 66.9 Å². The number of aromatic nitrogens is 4. The van der Waals surface area contributed by atoms with Gasteiger partial charge < -0.3 is 0 Å². The number of carbonyl (C=O) groups is 4. The molecule has 3 aliphatic rings. The van der Waals surface area contributed by atoms with E-state index < -0.39 is 0 Å². The minimum absolute atomic E-state index is 0.0235. The number of hydrogen-bond donors (Lipinski definition) is 0. The number of hydrogen-bond acceptors (Lipinski definition) is 12. The molecule has 0 radical (unpaired) electrons. The first-order valence-electron chi connectivity index (χ1n) is 19.9. The molecule has 10 nitrogen and oxygen atoms in total. The van der Waals surface area contributed by atoms with E-state index in [0.29, 0.717) is 48.4 Å². The van der Waals surface area contributed by atoms with E-state index in [1.54, 1.807) is 45.3 Å². The van der Waals surface area contributed by atoms with Gasteiger partial charge in [-0.15, -0.1) is 65.7 Å². The number of carbonyl (C=O) groups excluding carboxylic acids is 4. The Morgan fingerprint density at radius 3 is 1.19 bits per heavy atom. The zero-order valence-electron chi connectivity index (χ0n) is 33.0. The van der Waals surface area contributed by atoms with Gasteiger partial charge in [0, 0.05) is 23.9 Å². The summed E-state index contributed by atoms with van der Waals surface area (Å²) in [5.41, 5.74) is 6.08. The number of fused-ring (bicyclic) bond motifs is 4. The van der Waals surface area contributed by atoms with Gasteiger partial charge in [0.25, 0.3) is 11.8 Å². The van der Waals surface area contributed by atoms with Crippen molar-refractivity contribution in [3.05, 3.63) is 98.1 Å². The summed E-state index contributed by atoms with van der Waals surface area (Å²) in [6.07, 6.45) is 4.57. The third-order valence-corrected chi connectivity index (χ3v) is 17.8. The van der Waals surface area contributed by atoms with Crippen molar-refractivity contribution >= 4 is 143 Å². The Labute approximate surface area is 406 Å². The van der Waals surface area contributed by atoms with E-state index in [9.17, 15) is 19.2 Å². The molecule has 0 N–H and O–H groups in total. The molecule has 1 fully saturated rings. The molecule has 1 aromatic carbocycles. The van der Waals surface area contributed by atoms with Crippen molar-refractivity contribution in [2.45, 2.75) is 52.4 Å². The van der Waals surface area contributed by atoms with Gasteiger partial charge in [-0.1, -0.05) is 26.7 Å². The number of unbranched alkanes of at least 4 members (excludes halogenated alkanes) is 2. The predicted octanol–water partition coefficient (Wildman–Crippen LogP) is 13.0. The van der Waals surface area contributed by atoms with E-state index in [1.807, 2.05) is 67.6 Å². The Hall–Kier alpha value is -3.36. The van der Waals surface area contributed by atoms with Crippen LogP contribution < -0.4 is 0 Å². The molecular formula is C44H34Br4N6O4S4. The van der Waals surface area contributed by atoms with Crippen molar-refractivity contribution in [3.63, 3.8) is 0 Å². The smallest absolute Gasteiger partial charge is 0.261 e. The lowest BCUT2D eigenvalue weighted by Crippen LogP contribution is -2.32. The first-order chi connectivity index (χ1) is 29.9. The molecule has 18 heteroatoms. The summed E-state index contributed by atoms with van der Waals surface area (Å²) in [4.78, 5) is 59.1. The van der Waals surface area contributed by atoms with E-state index in [0.717, 1.165) is 93.6 Å².